The molecule has 1 aromatic heterocycles. The van der Waals surface area contributed by atoms with E-state index < -0.39 is 0 Å². The first-order chi connectivity index (χ1) is 12.8. The Bertz CT molecular complexity index is 891. The normalized spacial score (nSPS) is 10.7. The first-order valence-electron chi connectivity index (χ1n) is 8.53. The fourth-order valence-corrected chi connectivity index (χ4v) is 2.52. The summed E-state index contributed by atoms with van der Waals surface area (Å²) in [5, 5.41) is 5.68. The van der Waals surface area contributed by atoms with Crippen LogP contribution in [0.1, 0.15) is 20.3 Å². The summed E-state index contributed by atoms with van der Waals surface area (Å²) in [7, 11) is 2.97. The quantitative estimate of drug-likeness (QED) is 0.692. The number of carbonyl (C=O) groups is 2. The van der Waals surface area contributed by atoms with Crippen molar-refractivity contribution in [3.63, 3.8) is 0 Å². The van der Waals surface area contributed by atoms with Crippen LogP contribution in [0.15, 0.2) is 23.3 Å². The van der Waals surface area contributed by atoms with Crippen LogP contribution >= 0.6 is 0 Å². The van der Waals surface area contributed by atoms with Gasteiger partial charge in [0.2, 0.25) is 11.8 Å². The summed E-state index contributed by atoms with van der Waals surface area (Å²) in [4.78, 5) is 40.4. The van der Waals surface area contributed by atoms with Crippen molar-refractivity contribution in [2.24, 2.45) is 0 Å². The standard InChI is InChI=1S/C18H24N4O5/c1-11(2)21-16(23)5-6-19-17(24)9-22-10-20-13-8-15(27-4)14(26-3)7-12(13)18(22)25/h7-8,10-11H,5-6,9H2,1-4H3,(H,19,24)(H,21,23). The van der Waals surface area contributed by atoms with E-state index in [1.165, 1.54) is 31.2 Å². The third-order valence-electron chi connectivity index (χ3n) is 3.77. The summed E-state index contributed by atoms with van der Waals surface area (Å²) in [5.74, 6) is 0.348. The molecule has 0 saturated carbocycles. The van der Waals surface area contributed by atoms with Crippen LogP contribution in [0.2, 0.25) is 0 Å². The molecule has 0 saturated heterocycles. The van der Waals surface area contributed by atoms with Gasteiger partial charge in [0.25, 0.3) is 5.56 Å². The fourth-order valence-electron chi connectivity index (χ4n) is 2.52. The van der Waals surface area contributed by atoms with Gasteiger partial charge in [-0.05, 0) is 19.9 Å². The smallest absolute Gasteiger partial charge is 0.261 e. The number of methoxy groups -OCH3 is 2. The Morgan fingerprint density at radius 2 is 1.81 bits per heavy atom. The van der Waals surface area contributed by atoms with Crippen molar-refractivity contribution in [1.29, 1.82) is 0 Å². The molecule has 0 spiro atoms. The van der Waals surface area contributed by atoms with E-state index in [-0.39, 0.29) is 42.9 Å². The third-order valence-corrected chi connectivity index (χ3v) is 3.77. The van der Waals surface area contributed by atoms with E-state index in [9.17, 15) is 14.4 Å². The topological polar surface area (TPSA) is 112 Å². The minimum absolute atomic E-state index is 0.0473. The molecule has 27 heavy (non-hydrogen) atoms. The molecule has 146 valence electrons. The molecular formula is C18H24N4O5. The number of nitrogens with one attached hydrogen (secondary N) is 2. The SMILES string of the molecule is COc1cc2ncn(CC(=O)NCCC(=O)NC(C)C)c(=O)c2cc1OC. The summed E-state index contributed by atoms with van der Waals surface area (Å²) in [6.07, 6.45) is 1.48. The lowest BCUT2D eigenvalue weighted by Gasteiger charge is -2.11. The van der Waals surface area contributed by atoms with E-state index >= 15 is 0 Å². The predicted molar refractivity (Wildman–Crippen MR) is 100 cm³/mol. The Balaban J connectivity index is 2.08. The Morgan fingerprint density at radius 1 is 1.15 bits per heavy atom. The Morgan fingerprint density at radius 3 is 2.44 bits per heavy atom. The second-order valence-corrected chi connectivity index (χ2v) is 6.22. The van der Waals surface area contributed by atoms with E-state index in [1.54, 1.807) is 6.07 Å². The van der Waals surface area contributed by atoms with Gasteiger partial charge < -0.3 is 20.1 Å². The maximum absolute atomic E-state index is 12.6. The van der Waals surface area contributed by atoms with E-state index in [2.05, 4.69) is 15.6 Å². The molecule has 1 heterocycles. The van der Waals surface area contributed by atoms with Crippen LogP contribution in [-0.4, -0.2) is 48.2 Å². The molecule has 0 unspecified atom stereocenters. The Labute approximate surface area is 156 Å². The van der Waals surface area contributed by atoms with Crippen LogP contribution in [-0.2, 0) is 16.1 Å². The van der Waals surface area contributed by atoms with Crippen molar-refractivity contribution in [3.05, 3.63) is 28.8 Å². The molecule has 0 atom stereocenters. The molecule has 9 heteroatoms. The van der Waals surface area contributed by atoms with Crippen LogP contribution in [0.5, 0.6) is 11.5 Å². The molecule has 0 fully saturated rings. The van der Waals surface area contributed by atoms with Crippen LogP contribution in [0.25, 0.3) is 10.9 Å². The van der Waals surface area contributed by atoms with Crippen LogP contribution < -0.4 is 25.7 Å². The molecule has 2 amide bonds. The number of hydrogen-bond donors (Lipinski definition) is 2. The number of hydrogen-bond acceptors (Lipinski definition) is 6. The molecule has 0 aliphatic rings. The highest BCUT2D eigenvalue weighted by molar-refractivity contribution is 5.82. The number of carbonyl (C=O) groups excluding carboxylic acids is 2. The molecule has 2 rings (SSSR count). The van der Waals surface area contributed by atoms with Gasteiger partial charge in [0, 0.05) is 25.1 Å². The summed E-state index contributed by atoms with van der Waals surface area (Å²) < 4.78 is 11.6. The van der Waals surface area contributed by atoms with E-state index in [0.717, 1.165) is 0 Å². The summed E-state index contributed by atoms with van der Waals surface area (Å²) in [5.41, 5.74) is 0.0771. The van der Waals surface area contributed by atoms with E-state index in [0.29, 0.717) is 22.4 Å². The minimum atomic E-state index is -0.379. The molecule has 0 aliphatic carbocycles. The first-order valence-corrected chi connectivity index (χ1v) is 8.53. The van der Waals surface area contributed by atoms with Crippen LogP contribution in [0.3, 0.4) is 0 Å². The van der Waals surface area contributed by atoms with E-state index in [1.807, 2.05) is 13.8 Å². The third kappa shape index (κ3) is 5.19. The predicted octanol–water partition coefficient (Wildman–Crippen LogP) is 0.445. The summed E-state index contributed by atoms with van der Waals surface area (Å²) in [6.45, 7) is 3.72. The molecule has 2 N–H and O–H groups in total. The molecule has 2 aromatic rings. The van der Waals surface area contributed by atoms with Gasteiger partial charge in [-0.25, -0.2) is 4.98 Å². The van der Waals surface area contributed by atoms with Gasteiger partial charge in [-0.1, -0.05) is 0 Å². The second-order valence-electron chi connectivity index (χ2n) is 6.22. The highest BCUT2D eigenvalue weighted by atomic mass is 16.5. The summed E-state index contributed by atoms with van der Waals surface area (Å²) >= 11 is 0. The molecule has 1 aromatic carbocycles. The average Bonchev–Trinajstić information content (AvgIpc) is 2.62. The van der Waals surface area contributed by atoms with Crippen molar-refractivity contribution in [3.8, 4) is 11.5 Å². The van der Waals surface area contributed by atoms with Gasteiger partial charge in [-0.3, -0.25) is 19.0 Å². The highest BCUT2D eigenvalue weighted by Gasteiger charge is 2.13. The van der Waals surface area contributed by atoms with Gasteiger partial charge in [0.05, 0.1) is 31.4 Å². The van der Waals surface area contributed by atoms with Gasteiger partial charge in [0.1, 0.15) is 6.54 Å². The maximum atomic E-state index is 12.6. The largest absolute Gasteiger partial charge is 0.493 e. The van der Waals surface area contributed by atoms with Crippen molar-refractivity contribution in [2.75, 3.05) is 20.8 Å². The van der Waals surface area contributed by atoms with Gasteiger partial charge >= 0.3 is 0 Å². The lowest BCUT2D eigenvalue weighted by atomic mass is 10.2. The van der Waals surface area contributed by atoms with Crippen molar-refractivity contribution < 1.29 is 19.1 Å². The number of amides is 2. The minimum Gasteiger partial charge on any atom is -0.493 e. The monoisotopic (exact) mass is 376 g/mol. The number of rotatable bonds is 8. The van der Waals surface area contributed by atoms with E-state index in [4.69, 9.17) is 9.47 Å². The van der Waals surface area contributed by atoms with Crippen molar-refractivity contribution >= 4 is 22.7 Å². The maximum Gasteiger partial charge on any atom is 0.261 e. The van der Waals surface area contributed by atoms with Gasteiger partial charge in [0.15, 0.2) is 11.5 Å². The first kappa shape index (κ1) is 20.2. The zero-order chi connectivity index (χ0) is 20.0. The highest BCUT2D eigenvalue weighted by Crippen LogP contribution is 2.29. The van der Waals surface area contributed by atoms with Gasteiger partial charge in [-0.15, -0.1) is 0 Å². The lowest BCUT2D eigenvalue weighted by Crippen LogP contribution is -2.36. The van der Waals surface area contributed by atoms with Crippen molar-refractivity contribution in [2.45, 2.75) is 32.9 Å². The summed E-state index contributed by atoms with van der Waals surface area (Å²) in [6, 6.07) is 3.19. The molecule has 9 nitrogen and oxygen atoms in total. The fraction of sp³-hybridized carbons (Fsp3) is 0.444. The molecule has 0 aliphatic heterocycles. The Kier molecular flexibility index (Phi) is 6.75. The lowest BCUT2D eigenvalue weighted by molar-refractivity contribution is -0.122. The second kappa shape index (κ2) is 9.02. The molecule has 0 radical (unpaired) electrons. The number of ether oxygens (including phenoxy) is 2. The number of nitrogens with zero attached hydrogens (tertiary/aromatic N) is 2. The number of fused-ring (bicyclic) bond motifs is 1. The molecule has 0 bridgehead atoms. The zero-order valence-corrected chi connectivity index (χ0v) is 15.9. The van der Waals surface area contributed by atoms with Gasteiger partial charge in [-0.2, -0.15) is 0 Å². The zero-order valence-electron chi connectivity index (χ0n) is 15.9. The average molecular weight is 376 g/mol. The molecular weight excluding hydrogens is 352 g/mol. The van der Waals surface area contributed by atoms with Crippen LogP contribution in [0, 0.1) is 0 Å². The number of aromatic nitrogens is 2. The number of benzene rings is 1. The Hall–Kier alpha value is -3.10. The van der Waals surface area contributed by atoms with Crippen LogP contribution in [0.4, 0.5) is 0 Å². The van der Waals surface area contributed by atoms with Crippen molar-refractivity contribution in [1.82, 2.24) is 20.2 Å².